The number of hydrogen-bond donors (Lipinski definition) is 0. The molecule has 0 saturated carbocycles. The molecular weight excluding hydrogens is 508 g/mol. The number of aromatic nitrogens is 1. The van der Waals surface area contributed by atoms with Gasteiger partial charge in [-0.25, -0.2) is 9.79 Å². The number of thiazole rings is 1. The van der Waals surface area contributed by atoms with Crippen LogP contribution in [0.25, 0.3) is 11.8 Å². The lowest BCUT2D eigenvalue weighted by Crippen LogP contribution is -2.40. The summed E-state index contributed by atoms with van der Waals surface area (Å²) < 4.78 is 13.1. The summed E-state index contributed by atoms with van der Waals surface area (Å²) >= 11 is 1.31. The Morgan fingerprint density at radius 1 is 1.05 bits per heavy atom. The molecule has 0 fully saturated rings. The molecule has 2 heterocycles. The molecule has 4 aromatic rings. The first-order chi connectivity index (χ1) is 18.9. The van der Waals surface area contributed by atoms with Crippen molar-refractivity contribution in [1.29, 1.82) is 0 Å². The van der Waals surface area contributed by atoms with E-state index in [0.29, 0.717) is 32.3 Å². The minimum atomic E-state index is -0.740. The topological polar surface area (TPSA) is 69.9 Å². The molecule has 1 aliphatic rings. The quantitative estimate of drug-likeness (QED) is 0.308. The molecule has 3 aromatic carbocycles. The average molecular weight is 539 g/mol. The van der Waals surface area contributed by atoms with E-state index < -0.39 is 12.0 Å². The van der Waals surface area contributed by atoms with Crippen LogP contribution in [0.2, 0.25) is 0 Å². The average Bonchev–Trinajstić information content (AvgIpc) is 3.27. The molecule has 0 bridgehead atoms. The van der Waals surface area contributed by atoms with E-state index in [9.17, 15) is 9.59 Å². The van der Waals surface area contributed by atoms with Crippen molar-refractivity contribution < 1.29 is 14.3 Å². The summed E-state index contributed by atoms with van der Waals surface area (Å²) in [5, 5.41) is 0. The monoisotopic (exact) mass is 538 g/mol. The highest BCUT2D eigenvalue weighted by atomic mass is 32.1. The summed E-state index contributed by atoms with van der Waals surface area (Å²) in [6, 6.07) is 24.4. The van der Waals surface area contributed by atoms with Gasteiger partial charge in [-0.15, -0.1) is 0 Å². The fourth-order valence-electron chi connectivity index (χ4n) is 4.70. The highest BCUT2D eigenvalue weighted by Gasteiger charge is 2.35. The van der Waals surface area contributed by atoms with E-state index in [0.717, 1.165) is 16.7 Å². The van der Waals surface area contributed by atoms with E-state index in [1.54, 1.807) is 18.6 Å². The summed E-state index contributed by atoms with van der Waals surface area (Å²) in [4.78, 5) is 32.9. The van der Waals surface area contributed by atoms with Gasteiger partial charge in [0, 0.05) is 5.56 Å². The standard InChI is InChI=1S/C32H30N2O4S/c1-5-38-31(36)27-28(23-10-7-6-8-11-23)33-32-34(29(27)24-12-9-13-25(19-24)37-4)30(35)26(39-32)18-21-14-16-22(17-15-21)20(2)3/h6-20,29H,5H2,1-4H3/b26-18-. The lowest BCUT2D eigenvalue weighted by Gasteiger charge is -2.26. The zero-order valence-electron chi connectivity index (χ0n) is 22.4. The second kappa shape index (κ2) is 11.3. The molecule has 0 aliphatic carbocycles. The van der Waals surface area contributed by atoms with Crippen molar-refractivity contribution in [2.24, 2.45) is 4.99 Å². The Hall–Kier alpha value is -4.23. The van der Waals surface area contributed by atoms with Crippen molar-refractivity contribution in [3.63, 3.8) is 0 Å². The van der Waals surface area contributed by atoms with E-state index in [4.69, 9.17) is 14.5 Å². The first-order valence-electron chi connectivity index (χ1n) is 12.9. The van der Waals surface area contributed by atoms with Crippen LogP contribution in [-0.2, 0) is 9.53 Å². The van der Waals surface area contributed by atoms with Gasteiger partial charge in [0.15, 0.2) is 4.80 Å². The normalized spacial score (nSPS) is 15.2. The second-order valence-electron chi connectivity index (χ2n) is 9.53. The molecule has 0 N–H and O–H groups in total. The lowest BCUT2D eigenvalue weighted by molar-refractivity contribution is -0.138. The van der Waals surface area contributed by atoms with Crippen molar-refractivity contribution >= 4 is 29.1 Å². The molecule has 1 aliphatic heterocycles. The van der Waals surface area contributed by atoms with E-state index >= 15 is 0 Å². The number of benzene rings is 3. The summed E-state index contributed by atoms with van der Waals surface area (Å²) in [5.41, 5.74) is 4.26. The Morgan fingerprint density at radius 3 is 2.46 bits per heavy atom. The molecule has 5 rings (SSSR count). The summed E-state index contributed by atoms with van der Waals surface area (Å²) in [6.45, 7) is 6.27. The molecule has 7 heteroatoms. The number of fused-ring (bicyclic) bond motifs is 1. The van der Waals surface area contributed by atoms with Crippen molar-refractivity contribution in [2.45, 2.75) is 32.7 Å². The molecule has 198 valence electrons. The zero-order chi connectivity index (χ0) is 27.5. The third-order valence-electron chi connectivity index (χ3n) is 6.68. The molecule has 1 unspecified atom stereocenters. The Labute approximate surface area is 231 Å². The van der Waals surface area contributed by atoms with Crippen molar-refractivity contribution in [3.8, 4) is 5.75 Å². The molecule has 1 aromatic heterocycles. The van der Waals surface area contributed by atoms with E-state index in [1.165, 1.54) is 16.9 Å². The summed E-state index contributed by atoms with van der Waals surface area (Å²) in [7, 11) is 1.59. The van der Waals surface area contributed by atoms with Crippen LogP contribution in [0.5, 0.6) is 5.75 Å². The summed E-state index contributed by atoms with van der Waals surface area (Å²) in [6.07, 6.45) is 1.88. The lowest BCUT2D eigenvalue weighted by atomic mass is 9.93. The number of ether oxygens (including phenoxy) is 2. The number of hydrogen-bond acceptors (Lipinski definition) is 6. The van der Waals surface area contributed by atoms with Gasteiger partial charge in [0.1, 0.15) is 5.75 Å². The third kappa shape index (κ3) is 5.22. The minimum absolute atomic E-state index is 0.200. The molecule has 0 radical (unpaired) electrons. The fourth-order valence-corrected chi connectivity index (χ4v) is 5.70. The van der Waals surface area contributed by atoms with Gasteiger partial charge in [-0.2, -0.15) is 0 Å². The van der Waals surface area contributed by atoms with Crippen LogP contribution in [0.15, 0.2) is 94.2 Å². The zero-order valence-corrected chi connectivity index (χ0v) is 23.2. The third-order valence-corrected chi connectivity index (χ3v) is 7.67. The Bertz CT molecular complexity index is 1710. The molecule has 0 saturated heterocycles. The highest BCUT2D eigenvalue weighted by Crippen LogP contribution is 2.36. The SMILES string of the molecule is CCOC(=O)C1=C(c2ccccc2)N=c2s/c(=C\c3ccc(C(C)C)cc3)c(=O)n2C1c1cccc(OC)c1. The van der Waals surface area contributed by atoms with Crippen molar-refractivity contribution in [1.82, 2.24) is 4.57 Å². The van der Waals surface area contributed by atoms with Crippen molar-refractivity contribution in [2.75, 3.05) is 13.7 Å². The largest absolute Gasteiger partial charge is 0.497 e. The maximum atomic E-state index is 14.0. The van der Waals surface area contributed by atoms with Crippen LogP contribution < -0.4 is 19.6 Å². The maximum absolute atomic E-state index is 14.0. The minimum Gasteiger partial charge on any atom is -0.497 e. The number of esters is 1. The van der Waals surface area contributed by atoms with Crippen LogP contribution in [0.4, 0.5) is 0 Å². The van der Waals surface area contributed by atoms with E-state index in [2.05, 4.69) is 26.0 Å². The van der Waals surface area contributed by atoms with Gasteiger partial charge in [0.25, 0.3) is 5.56 Å². The number of carbonyl (C=O) groups excluding carboxylic acids is 1. The number of carbonyl (C=O) groups is 1. The van der Waals surface area contributed by atoms with Gasteiger partial charge < -0.3 is 9.47 Å². The van der Waals surface area contributed by atoms with E-state index in [1.807, 2.05) is 72.8 Å². The first kappa shape index (κ1) is 26.4. The van der Waals surface area contributed by atoms with Gasteiger partial charge >= 0.3 is 5.97 Å². The Morgan fingerprint density at radius 2 is 1.79 bits per heavy atom. The fraction of sp³-hybridized carbons (Fsp3) is 0.219. The maximum Gasteiger partial charge on any atom is 0.338 e. The Balaban J connectivity index is 1.79. The summed E-state index contributed by atoms with van der Waals surface area (Å²) in [5.74, 6) is 0.540. The molecule has 0 spiro atoms. The number of nitrogens with zero attached hydrogens (tertiary/aromatic N) is 2. The molecule has 6 nitrogen and oxygen atoms in total. The first-order valence-corrected chi connectivity index (χ1v) is 13.7. The molecule has 0 amide bonds. The van der Waals surface area contributed by atoms with Gasteiger partial charge in [0.2, 0.25) is 0 Å². The molecular formula is C32H30N2O4S. The van der Waals surface area contributed by atoms with Gasteiger partial charge in [0.05, 0.1) is 35.6 Å². The predicted molar refractivity (Wildman–Crippen MR) is 155 cm³/mol. The number of rotatable bonds is 7. The van der Waals surface area contributed by atoms with Crippen LogP contribution in [0, 0.1) is 0 Å². The highest BCUT2D eigenvalue weighted by molar-refractivity contribution is 7.07. The van der Waals surface area contributed by atoms with Crippen LogP contribution in [-0.4, -0.2) is 24.3 Å². The van der Waals surface area contributed by atoms with Crippen LogP contribution >= 0.6 is 11.3 Å². The molecule has 1 atom stereocenters. The predicted octanol–water partition coefficient (Wildman–Crippen LogP) is 5.07. The van der Waals surface area contributed by atoms with Gasteiger partial charge in [-0.3, -0.25) is 9.36 Å². The van der Waals surface area contributed by atoms with Crippen LogP contribution in [0.1, 0.15) is 55.0 Å². The van der Waals surface area contributed by atoms with Gasteiger partial charge in [-0.05, 0) is 47.7 Å². The van der Waals surface area contributed by atoms with E-state index in [-0.39, 0.29) is 12.2 Å². The molecule has 39 heavy (non-hydrogen) atoms. The van der Waals surface area contributed by atoms with Crippen LogP contribution in [0.3, 0.4) is 0 Å². The number of methoxy groups -OCH3 is 1. The van der Waals surface area contributed by atoms with Crippen molar-refractivity contribution in [3.05, 3.63) is 126 Å². The smallest absolute Gasteiger partial charge is 0.338 e. The van der Waals surface area contributed by atoms with Gasteiger partial charge in [-0.1, -0.05) is 91.9 Å². The second-order valence-corrected chi connectivity index (χ2v) is 10.5. The Kier molecular flexibility index (Phi) is 7.61.